The zero-order valence-electron chi connectivity index (χ0n) is 10.1. The van der Waals surface area contributed by atoms with E-state index in [4.69, 9.17) is 16.3 Å². The standard InChI is InChI=1S/C14H11ClFNO2/c1-17-14(18)12-8-10(16)4-7-13(12)19-11-5-2-9(15)3-6-11/h2-8H,1H3,(H,17,18). The Morgan fingerprint density at radius 1 is 1.21 bits per heavy atom. The summed E-state index contributed by atoms with van der Waals surface area (Å²) in [6.45, 7) is 0. The van der Waals surface area contributed by atoms with E-state index >= 15 is 0 Å². The van der Waals surface area contributed by atoms with Gasteiger partial charge in [0.15, 0.2) is 0 Å². The molecule has 0 saturated carbocycles. The molecule has 98 valence electrons. The van der Waals surface area contributed by atoms with E-state index in [0.717, 1.165) is 6.07 Å². The number of benzene rings is 2. The first kappa shape index (κ1) is 13.4. The summed E-state index contributed by atoms with van der Waals surface area (Å²) < 4.78 is 18.7. The maximum Gasteiger partial charge on any atom is 0.254 e. The van der Waals surface area contributed by atoms with E-state index in [1.807, 2.05) is 0 Å². The topological polar surface area (TPSA) is 38.3 Å². The molecule has 0 aliphatic heterocycles. The Bertz CT molecular complexity index is 599. The van der Waals surface area contributed by atoms with Crippen LogP contribution in [0.2, 0.25) is 5.02 Å². The lowest BCUT2D eigenvalue weighted by atomic mass is 10.2. The van der Waals surface area contributed by atoms with Crippen LogP contribution in [0.4, 0.5) is 4.39 Å². The third-order valence-corrected chi connectivity index (χ3v) is 2.71. The summed E-state index contributed by atoms with van der Waals surface area (Å²) in [7, 11) is 1.47. The molecule has 2 aromatic carbocycles. The number of amides is 1. The second-order valence-corrected chi connectivity index (χ2v) is 4.21. The first-order valence-electron chi connectivity index (χ1n) is 5.55. The van der Waals surface area contributed by atoms with Crippen molar-refractivity contribution in [3.8, 4) is 11.5 Å². The molecule has 0 radical (unpaired) electrons. The first-order chi connectivity index (χ1) is 9.10. The van der Waals surface area contributed by atoms with Crippen LogP contribution in [0.5, 0.6) is 11.5 Å². The second kappa shape index (κ2) is 5.71. The molecular formula is C14H11ClFNO2. The summed E-state index contributed by atoms with van der Waals surface area (Å²) >= 11 is 5.77. The zero-order valence-corrected chi connectivity index (χ0v) is 10.9. The molecule has 3 nitrogen and oxygen atoms in total. The predicted molar refractivity (Wildman–Crippen MR) is 71.3 cm³/mol. The zero-order chi connectivity index (χ0) is 13.8. The van der Waals surface area contributed by atoms with Gasteiger partial charge in [0.25, 0.3) is 5.91 Å². The Hall–Kier alpha value is -2.07. The number of ether oxygens (including phenoxy) is 1. The average molecular weight is 280 g/mol. The summed E-state index contributed by atoms with van der Waals surface area (Å²) in [5.41, 5.74) is 0.137. The number of nitrogens with one attached hydrogen (secondary N) is 1. The van der Waals surface area contributed by atoms with Gasteiger partial charge in [0.05, 0.1) is 5.56 Å². The third-order valence-electron chi connectivity index (χ3n) is 2.45. The number of carbonyl (C=O) groups is 1. The van der Waals surface area contributed by atoms with Crippen molar-refractivity contribution < 1.29 is 13.9 Å². The summed E-state index contributed by atoms with van der Waals surface area (Å²) in [5.74, 6) is -0.116. The molecule has 0 bridgehead atoms. The van der Waals surface area contributed by atoms with Crippen LogP contribution in [0.1, 0.15) is 10.4 Å². The van der Waals surface area contributed by atoms with Gasteiger partial charge in [-0.25, -0.2) is 4.39 Å². The molecule has 2 aromatic rings. The summed E-state index contributed by atoms with van der Waals surface area (Å²) in [6.07, 6.45) is 0. The lowest BCUT2D eigenvalue weighted by Gasteiger charge is -2.10. The number of halogens is 2. The van der Waals surface area contributed by atoms with Gasteiger partial charge in [-0.2, -0.15) is 0 Å². The quantitative estimate of drug-likeness (QED) is 0.932. The number of rotatable bonds is 3. The molecule has 0 unspecified atom stereocenters. The van der Waals surface area contributed by atoms with Crippen molar-refractivity contribution in [2.24, 2.45) is 0 Å². The van der Waals surface area contributed by atoms with Gasteiger partial charge in [-0.15, -0.1) is 0 Å². The summed E-state index contributed by atoms with van der Waals surface area (Å²) in [5, 5.41) is 3.02. The number of hydrogen-bond donors (Lipinski definition) is 1. The van der Waals surface area contributed by atoms with E-state index in [1.165, 1.54) is 19.2 Å². The van der Waals surface area contributed by atoms with E-state index in [9.17, 15) is 9.18 Å². The van der Waals surface area contributed by atoms with Crippen molar-refractivity contribution >= 4 is 17.5 Å². The van der Waals surface area contributed by atoms with Gasteiger partial charge in [0.1, 0.15) is 17.3 Å². The Balaban J connectivity index is 2.34. The Kier molecular flexibility index (Phi) is 4.02. The van der Waals surface area contributed by atoms with Crippen LogP contribution in [0, 0.1) is 5.82 Å². The molecule has 0 aliphatic rings. The van der Waals surface area contributed by atoms with Crippen LogP contribution in [-0.2, 0) is 0 Å². The van der Waals surface area contributed by atoms with Crippen molar-refractivity contribution in [1.82, 2.24) is 5.32 Å². The van der Waals surface area contributed by atoms with Crippen LogP contribution in [0.25, 0.3) is 0 Å². The van der Waals surface area contributed by atoms with Crippen molar-refractivity contribution in [3.05, 3.63) is 58.9 Å². The molecule has 0 aromatic heterocycles. The smallest absolute Gasteiger partial charge is 0.254 e. The molecular weight excluding hydrogens is 269 g/mol. The highest BCUT2D eigenvalue weighted by Gasteiger charge is 2.13. The highest BCUT2D eigenvalue weighted by atomic mass is 35.5. The minimum Gasteiger partial charge on any atom is -0.457 e. The average Bonchev–Trinajstić information content (AvgIpc) is 2.42. The van der Waals surface area contributed by atoms with E-state index in [0.29, 0.717) is 10.8 Å². The van der Waals surface area contributed by atoms with E-state index in [1.54, 1.807) is 24.3 Å². The lowest BCUT2D eigenvalue weighted by molar-refractivity contribution is 0.0960. The second-order valence-electron chi connectivity index (χ2n) is 3.78. The summed E-state index contributed by atoms with van der Waals surface area (Å²) in [4.78, 5) is 11.7. The third kappa shape index (κ3) is 3.23. The highest BCUT2D eigenvalue weighted by Crippen LogP contribution is 2.27. The van der Waals surface area contributed by atoms with Crippen LogP contribution >= 0.6 is 11.6 Å². The molecule has 2 rings (SSSR count). The van der Waals surface area contributed by atoms with Gasteiger partial charge in [-0.1, -0.05) is 11.6 Å². The van der Waals surface area contributed by atoms with Gasteiger partial charge in [0.2, 0.25) is 0 Å². The van der Waals surface area contributed by atoms with Crippen molar-refractivity contribution in [3.63, 3.8) is 0 Å². The van der Waals surface area contributed by atoms with Gasteiger partial charge in [0, 0.05) is 12.1 Å². The van der Waals surface area contributed by atoms with Gasteiger partial charge in [-0.3, -0.25) is 4.79 Å². The number of carbonyl (C=O) groups excluding carboxylic acids is 1. The molecule has 0 saturated heterocycles. The fourth-order valence-electron chi connectivity index (χ4n) is 1.53. The van der Waals surface area contributed by atoms with Gasteiger partial charge >= 0.3 is 0 Å². The Labute approximate surface area is 115 Å². The minimum absolute atomic E-state index is 0.137. The predicted octanol–water partition coefficient (Wildman–Crippen LogP) is 3.63. The molecule has 0 heterocycles. The Morgan fingerprint density at radius 3 is 2.53 bits per heavy atom. The largest absolute Gasteiger partial charge is 0.457 e. The van der Waals surface area contributed by atoms with Crippen molar-refractivity contribution in [2.45, 2.75) is 0 Å². The first-order valence-corrected chi connectivity index (χ1v) is 5.93. The van der Waals surface area contributed by atoms with Crippen LogP contribution in [0.3, 0.4) is 0 Å². The van der Waals surface area contributed by atoms with Crippen molar-refractivity contribution in [1.29, 1.82) is 0 Å². The van der Waals surface area contributed by atoms with Gasteiger partial charge < -0.3 is 10.1 Å². The lowest BCUT2D eigenvalue weighted by Crippen LogP contribution is -2.18. The molecule has 19 heavy (non-hydrogen) atoms. The van der Waals surface area contributed by atoms with E-state index < -0.39 is 11.7 Å². The number of hydrogen-bond acceptors (Lipinski definition) is 2. The van der Waals surface area contributed by atoms with Crippen LogP contribution < -0.4 is 10.1 Å². The minimum atomic E-state index is -0.498. The maximum absolute atomic E-state index is 13.2. The Morgan fingerprint density at radius 2 is 1.89 bits per heavy atom. The highest BCUT2D eigenvalue weighted by molar-refractivity contribution is 6.30. The van der Waals surface area contributed by atoms with Crippen LogP contribution in [-0.4, -0.2) is 13.0 Å². The molecule has 0 spiro atoms. The molecule has 0 fully saturated rings. The fourth-order valence-corrected chi connectivity index (χ4v) is 1.66. The maximum atomic E-state index is 13.2. The molecule has 0 atom stereocenters. The fraction of sp³-hybridized carbons (Fsp3) is 0.0714. The molecule has 0 aliphatic carbocycles. The SMILES string of the molecule is CNC(=O)c1cc(F)ccc1Oc1ccc(Cl)cc1. The molecule has 1 N–H and O–H groups in total. The molecule has 5 heteroatoms. The van der Waals surface area contributed by atoms with Crippen LogP contribution in [0.15, 0.2) is 42.5 Å². The van der Waals surface area contributed by atoms with E-state index in [-0.39, 0.29) is 11.3 Å². The normalized spacial score (nSPS) is 10.1. The monoisotopic (exact) mass is 279 g/mol. The van der Waals surface area contributed by atoms with Crippen molar-refractivity contribution in [2.75, 3.05) is 7.05 Å². The summed E-state index contributed by atoms with van der Waals surface area (Å²) in [6, 6.07) is 10.4. The molecule has 1 amide bonds. The van der Waals surface area contributed by atoms with Gasteiger partial charge in [-0.05, 0) is 42.5 Å². The van der Waals surface area contributed by atoms with E-state index in [2.05, 4.69) is 5.32 Å².